The molecule has 3 aromatic carbocycles. The number of rotatable bonds is 9. The number of aromatic nitrogens is 1. The van der Waals surface area contributed by atoms with E-state index < -0.39 is 0 Å². The third kappa shape index (κ3) is 7.78. The molecule has 1 N–H and O–H groups in total. The number of allylic oxidation sites excluding steroid dienone is 2. The van der Waals surface area contributed by atoms with Crippen molar-refractivity contribution in [2.75, 3.05) is 0 Å². The second kappa shape index (κ2) is 16.8. The quantitative estimate of drug-likeness (QED) is 0.0916. The number of thiophene rings is 1. The summed E-state index contributed by atoms with van der Waals surface area (Å²) in [4.78, 5) is 16.5. The number of nitrogens with zero attached hydrogens (tertiary/aromatic N) is 1. The summed E-state index contributed by atoms with van der Waals surface area (Å²) in [7, 11) is 0. The number of halogens is 1. The molecule has 1 radical (unpaired) electrons. The molecule has 1 aliphatic carbocycles. The van der Waals surface area contributed by atoms with Crippen molar-refractivity contribution in [3.63, 3.8) is 0 Å². The van der Waals surface area contributed by atoms with Crippen molar-refractivity contribution in [2.24, 2.45) is 11.8 Å². The van der Waals surface area contributed by atoms with E-state index in [2.05, 4.69) is 36.4 Å². The van der Waals surface area contributed by atoms with Crippen LogP contribution in [0.25, 0.3) is 42.2 Å². The molecule has 3 nitrogen and oxygen atoms in total. The Labute approximate surface area is 290 Å². The van der Waals surface area contributed by atoms with Gasteiger partial charge in [-0.25, -0.2) is 4.39 Å². The molecular weight excluding hydrogens is 770 g/mol. The number of hydrogen-bond donors (Lipinski definition) is 1. The van der Waals surface area contributed by atoms with Gasteiger partial charge in [0.25, 0.3) is 0 Å². The molecule has 0 amide bonds. The molecule has 46 heavy (non-hydrogen) atoms. The maximum atomic E-state index is 14.5. The summed E-state index contributed by atoms with van der Waals surface area (Å²) in [5.74, 6) is 0.979. The zero-order chi connectivity index (χ0) is 31.9. The van der Waals surface area contributed by atoms with Gasteiger partial charge in [0.15, 0.2) is 5.78 Å². The topological polar surface area (TPSA) is 50.2 Å². The average Bonchev–Trinajstić information content (AvgIpc) is 3.46. The summed E-state index contributed by atoms with van der Waals surface area (Å²) in [6.07, 6.45) is 13.2. The van der Waals surface area contributed by atoms with Gasteiger partial charge in [-0.1, -0.05) is 88.2 Å². The predicted molar refractivity (Wildman–Crippen MR) is 189 cm³/mol. The fraction of sp³-hybridized carbons (Fsp3) is 0.400. The van der Waals surface area contributed by atoms with Gasteiger partial charge in [0.2, 0.25) is 0 Å². The van der Waals surface area contributed by atoms with Gasteiger partial charge in [0.05, 0.1) is 10.5 Å². The van der Waals surface area contributed by atoms with Crippen LogP contribution in [0.3, 0.4) is 0 Å². The maximum Gasteiger partial charge on any atom is 0.162 e. The van der Waals surface area contributed by atoms with Crippen LogP contribution >= 0.6 is 11.3 Å². The van der Waals surface area contributed by atoms with Gasteiger partial charge >= 0.3 is 0 Å². The Bertz CT molecular complexity index is 1800. The molecule has 0 unspecified atom stereocenters. The number of fused-ring (bicyclic) bond motifs is 4. The Morgan fingerprint density at radius 1 is 0.913 bits per heavy atom. The number of aliphatic hydroxyl groups is 1. The standard InChI is InChI=1S/C27H21FNS.C13H24O2.Ir/c28-24-12-6-11-21-22-13-14-29-25(27(22)30-26(21)24)19-15-18-9-4-5-10-20(18)23(16-19)17-7-2-1-3-8-17;1-5-10(6-2)12(14)9-13(15)11(7-3)8-4;/h4-6,9-14,16-17H,1-3,7-8H2;9-11,14H,5-8H2,1-4H3;/q-1;;/b;12-9-;. The molecule has 5 aromatic rings. The van der Waals surface area contributed by atoms with Crippen molar-refractivity contribution in [3.05, 3.63) is 90.1 Å². The fourth-order valence-corrected chi connectivity index (χ4v) is 8.00. The van der Waals surface area contributed by atoms with E-state index >= 15 is 0 Å². The van der Waals surface area contributed by atoms with Crippen molar-refractivity contribution in [3.8, 4) is 11.3 Å². The number of carbonyl (C=O) groups is 1. The molecule has 1 fully saturated rings. The first-order valence-corrected chi connectivity index (χ1v) is 17.6. The Morgan fingerprint density at radius 3 is 2.26 bits per heavy atom. The molecule has 2 aromatic heterocycles. The Hall–Kier alpha value is -2.92. The van der Waals surface area contributed by atoms with Gasteiger partial charge in [0, 0.05) is 60.0 Å². The molecular formula is C40H45FIrNO2S-. The Morgan fingerprint density at radius 2 is 1.57 bits per heavy atom. The van der Waals surface area contributed by atoms with Gasteiger partial charge < -0.3 is 5.11 Å². The van der Waals surface area contributed by atoms with Crippen molar-refractivity contribution in [2.45, 2.75) is 91.4 Å². The minimum Gasteiger partial charge on any atom is -0.512 e. The van der Waals surface area contributed by atoms with Crippen molar-refractivity contribution >= 4 is 48.1 Å². The van der Waals surface area contributed by atoms with Crippen LogP contribution in [-0.4, -0.2) is 15.9 Å². The van der Waals surface area contributed by atoms with Crippen LogP contribution in [-0.2, 0) is 24.9 Å². The molecule has 0 atom stereocenters. The van der Waals surface area contributed by atoms with Crippen LogP contribution in [0.5, 0.6) is 0 Å². The van der Waals surface area contributed by atoms with Crippen molar-refractivity contribution < 1.29 is 34.4 Å². The summed E-state index contributed by atoms with van der Waals surface area (Å²) in [6, 6.07) is 21.8. The van der Waals surface area contributed by atoms with E-state index in [4.69, 9.17) is 4.98 Å². The van der Waals surface area contributed by atoms with Gasteiger partial charge in [-0.2, -0.15) is 0 Å². The van der Waals surface area contributed by atoms with Crippen LogP contribution in [0.2, 0.25) is 0 Å². The fourth-order valence-electron chi connectivity index (χ4n) is 6.80. The van der Waals surface area contributed by atoms with Crippen LogP contribution < -0.4 is 0 Å². The van der Waals surface area contributed by atoms with Gasteiger partial charge in [-0.15, -0.1) is 40.5 Å². The van der Waals surface area contributed by atoms with Crippen LogP contribution in [0.4, 0.5) is 4.39 Å². The average molecular weight is 815 g/mol. The van der Waals surface area contributed by atoms with Crippen LogP contribution in [0.1, 0.15) is 97.0 Å². The normalized spacial score (nSPS) is 14.1. The molecule has 245 valence electrons. The van der Waals surface area contributed by atoms with Crippen LogP contribution in [0.15, 0.2) is 72.6 Å². The number of carbonyl (C=O) groups excluding carboxylic acids is 1. The summed E-state index contributed by atoms with van der Waals surface area (Å²) in [5.41, 5.74) is 3.35. The van der Waals surface area contributed by atoms with Crippen molar-refractivity contribution in [1.82, 2.24) is 4.98 Å². The molecule has 1 saturated carbocycles. The zero-order valence-electron chi connectivity index (χ0n) is 27.4. The van der Waals surface area contributed by atoms with Gasteiger partial charge in [-0.05, 0) is 62.0 Å². The number of pyridine rings is 1. The zero-order valence-corrected chi connectivity index (χ0v) is 30.6. The number of hydrogen-bond acceptors (Lipinski definition) is 4. The largest absolute Gasteiger partial charge is 0.512 e. The molecule has 6 rings (SSSR count). The van der Waals surface area contributed by atoms with E-state index in [-0.39, 0.29) is 49.3 Å². The molecule has 0 spiro atoms. The van der Waals surface area contributed by atoms with Crippen LogP contribution in [0, 0.1) is 23.7 Å². The summed E-state index contributed by atoms with van der Waals surface area (Å²) in [5, 5.41) is 14.2. The van der Waals surface area contributed by atoms with E-state index in [1.165, 1.54) is 66.5 Å². The molecule has 1 aliphatic rings. The second-order valence-electron chi connectivity index (χ2n) is 12.3. The molecule has 6 heteroatoms. The monoisotopic (exact) mass is 815 g/mol. The van der Waals surface area contributed by atoms with Crippen molar-refractivity contribution in [1.29, 1.82) is 0 Å². The summed E-state index contributed by atoms with van der Waals surface area (Å²) < 4.78 is 16.2. The molecule has 2 heterocycles. The van der Waals surface area contributed by atoms with E-state index in [1.54, 1.807) is 6.07 Å². The third-order valence-corrected chi connectivity index (χ3v) is 10.8. The first-order chi connectivity index (χ1) is 21.9. The smallest absolute Gasteiger partial charge is 0.162 e. The second-order valence-corrected chi connectivity index (χ2v) is 13.3. The third-order valence-electron chi connectivity index (χ3n) is 9.56. The molecule has 0 aliphatic heterocycles. The summed E-state index contributed by atoms with van der Waals surface area (Å²) in [6.45, 7) is 8.07. The Kier molecular flexibility index (Phi) is 13.1. The van der Waals surface area contributed by atoms with Gasteiger partial charge in [0.1, 0.15) is 5.82 Å². The molecule has 0 bridgehead atoms. The predicted octanol–water partition coefficient (Wildman–Crippen LogP) is 12.1. The van der Waals surface area contributed by atoms with E-state index in [1.807, 2.05) is 46.0 Å². The minimum atomic E-state index is -0.162. The maximum absolute atomic E-state index is 14.5. The van der Waals surface area contributed by atoms with Gasteiger partial charge in [-0.3, -0.25) is 9.78 Å². The van der Waals surface area contributed by atoms with E-state index in [0.717, 1.165) is 57.8 Å². The number of aliphatic hydroxyl groups excluding tert-OH is 1. The first-order valence-electron chi connectivity index (χ1n) is 16.7. The minimum absolute atomic E-state index is 0. The Balaban J connectivity index is 0.000000259. The molecule has 0 saturated heterocycles. The van der Waals surface area contributed by atoms with E-state index in [9.17, 15) is 14.3 Å². The summed E-state index contributed by atoms with van der Waals surface area (Å²) >= 11 is 1.50. The van der Waals surface area contributed by atoms with E-state index in [0.29, 0.717) is 10.6 Å². The first kappa shape index (κ1) is 35.9. The SMILES string of the molecule is CCC(CC)C(=O)/C=C(\O)C(CC)CC.Fc1cccc2c1sc1c(-c3[c-]c4ccccc4c(C4CCCCC4)c3)nccc12.[Ir]. The number of ketones is 1. The number of benzene rings is 3.